The molecular weight excluding hydrogens is 248 g/mol. The lowest BCUT2D eigenvalue weighted by molar-refractivity contribution is -0.138. The van der Waals surface area contributed by atoms with E-state index in [-0.39, 0.29) is 11.8 Å². The Kier molecular flexibility index (Phi) is 3.25. The summed E-state index contributed by atoms with van der Waals surface area (Å²) in [6.07, 6.45) is 7.51. The Hall–Kier alpha value is -0.380. The first-order chi connectivity index (χ1) is 8.56. The van der Waals surface area contributed by atoms with Crippen LogP contribution in [0.5, 0.6) is 0 Å². The lowest BCUT2D eigenvalue weighted by Crippen LogP contribution is -2.23. The highest BCUT2D eigenvalue weighted by Gasteiger charge is 2.46. The third-order valence-corrected chi connectivity index (χ3v) is 6.97. The standard InChI is InChI=1S/C14H22O3S/c15-13(16)7-14(3-4-14)9-18(17)8-12-6-10-1-2-11(12)5-10/h10-12H,1-9H2,(H,15,16). The van der Waals surface area contributed by atoms with Crippen molar-refractivity contribution in [3.05, 3.63) is 0 Å². The average molecular weight is 270 g/mol. The van der Waals surface area contributed by atoms with Gasteiger partial charge < -0.3 is 5.11 Å². The van der Waals surface area contributed by atoms with E-state index in [0.717, 1.165) is 30.4 Å². The maximum Gasteiger partial charge on any atom is 0.303 e. The lowest BCUT2D eigenvalue weighted by atomic mass is 9.90. The molecule has 1 N–H and O–H groups in total. The second kappa shape index (κ2) is 4.62. The molecule has 2 bridgehead atoms. The number of carbonyl (C=O) groups is 1. The van der Waals surface area contributed by atoms with Crippen molar-refractivity contribution in [2.75, 3.05) is 11.5 Å². The SMILES string of the molecule is O=C(O)CC1(CS(=O)CC2CC3CCC2C3)CC1. The molecule has 3 fully saturated rings. The van der Waals surface area contributed by atoms with Gasteiger partial charge in [0, 0.05) is 22.3 Å². The maximum absolute atomic E-state index is 12.2. The Bertz CT molecular complexity index is 375. The minimum absolute atomic E-state index is 0.103. The molecule has 3 saturated carbocycles. The summed E-state index contributed by atoms with van der Waals surface area (Å²) in [5.74, 6) is 3.14. The molecule has 0 heterocycles. The van der Waals surface area contributed by atoms with E-state index in [1.54, 1.807) is 0 Å². The Labute approximate surface area is 111 Å². The van der Waals surface area contributed by atoms with Crippen LogP contribution in [0.3, 0.4) is 0 Å². The van der Waals surface area contributed by atoms with E-state index in [0.29, 0.717) is 11.7 Å². The zero-order valence-electron chi connectivity index (χ0n) is 10.8. The van der Waals surface area contributed by atoms with Gasteiger partial charge in [0.2, 0.25) is 0 Å². The molecule has 4 unspecified atom stereocenters. The number of carboxylic acids is 1. The maximum atomic E-state index is 12.2. The summed E-state index contributed by atoms with van der Waals surface area (Å²) in [6.45, 7) is 0. The fraction of sp³-hybridized carbons (Fsp3) is 0.929. The van der Waals surface area contributed by atoms with Gasteiger partial charge in [-0.15, -0.1) is 0 Å². The molecule has 0 spiro atoms. The largest absolute Gasteiger partial charge is 0.481 e. The van der Waals surface area contributed by atoms with Gasteiger partial charge in [0.25, 0.3) is 0 Å². The second-order valence-corrected chi connectivity index (χ2v) is 8.26. The summed E-state index contributed by atoms with van der Waals surface area (Å²) in [7, 11) is -0.798. The predicted octanol–water partition coefficient (Wildman–Crippen LogP) is 2.43. The van der Waals surface area contributed by atoms with Gasteiger partial charge in [0.05, 0.1) is 6.42 Å². The molecule has 0 aromatic carbocycles. The van der Waals surface area contributed by atoms with E-state index < -0.39 is 16.8 Å². The van der Waals surface area contributed by atoms with Gasteiger partial charge in [-0.1, -0.05) is 6.42 Å². The van der Waals surface area contributed by atoms with E-state index in [1.165, 1.54) is 25.7 Å². The highest BCUT2D eigenvalue weighted by atomic mass is 32.2. The molecule has 0 radical (unpaired) electrons. The van der Waals surface area contributed by atoms with E-state index in [1.807, 2.05) is 0 Å². The number of hydrogen-bond donors (Lipinski definition) is 1. The second-order valence-electron chi connectivity index (χ2n) is 6.76. The van der Waals surface area contributed by atoms with Gasteiger partial charge in [0.15, 0.2) is 0 Å². The van der Waals surface area contributed by atoms with Crippen molar-refractivity contribution >= 4 is 16.8 Å². The first-order valence-corrected chi connectivity index (χ1v) is 8.62. The van der Waals surface area contributed by atoms with Crippen molar-refractivity contribution in [2.45, 2.75) is 44.9 Å². The Morgan fingerprint density at radius 2 is 2.06 bits per heavy atom. The third-order valence-electron chi connectivity index (χ3n) is 5.24. The van der Waals surface area contributed by atoms with Crippen LogP contribution in [0.25, 0.3) is 0 Å². The number of carboxylic acid groups (broad SMARTS) is 1. The molecule has 4 heteroatoms. The molecule has 3 aliphatic carbocycles. The topological polar surface area (TPSA) is 54.4 Å². The van der Waals surface area contributed by atoms with Gasteiger partial charge in [-0.3, -0.25) is 9.00 Å². The van der Waals surface area contributed by atoms with E-state index in [9.17, 15) is 9.00 Å². The summed E-state index contributed by atoms with van der Waals surface area (Å²) in [6, 6.07) is 0. The molecular formula is C14H22O3S. The fourth-order valence-corrected chi connectivity index (χ4v) is 6.17. The molecule has 0 aromatic heterocycles. The molecule has 0 aromatic rings. The van der Waals surface area contributed by atoms with Crippen LogP contribution >= 0.6 is 0 Å². The van der Waals surface area contributed by atoms with Crippen LogP contribution in [0.1, 0.15) is 44.9 Å². The van der Waals surface area contributed by atoms with E-state index >= 15 is 0 Å². The Morgan fingerprint density at radius 3 is 2.56 bits per heavy atom. The summed E-state index contributed by atoms with van der Waals surface area (Å²) in [5.41, 5.74) is -0.103. The van der Waals surface area contributed by atoms with Crippen LogP contribution in [-0.2, 0) is 15.6 Å². The third kappa shape index (κ3) is 2.63. The summed E-state index contributed by atoms with van der Waals surface area (Å²) in [4.78, 5) is 10.8. The highest BCUT2D eigenvalue weighted by Crippen LogP contribution is 2.51. The van der Waals surface area contributed by atoms with Crippen LogP contribution in [0.4, 0.5) is 0 Å². The zero-order valence-corrected chi connectivity index (χ0v) is 11.6. The Morgan fingerprint density at radius 1 is 1.28 bits per heavy atom. The van der Waals surface area contributed by atoms with Crippen LogP contribution in [0.15, 0.2) is 0 Å². The number of rotatable bonds is 6. The predicted molar refractivity (Wildman–Crippen MR) is 70.7 cm³/mol. The smallest absolute Gasteiger partial charge is 0.303 e. The molecule has 102 valence electrons. The van der Waals surface area contributed by atoms with Crippen molar-refractivity contribution in [3.8, 4) is 0 Å². The van der Waals surface area contributed by atoms with E-state index in [4.69, 9.17) is 5.11 Å². The normalized spacial score (nSPS) is 37.7. The van der Waals surface area contributed by atoms with Gasteiger partial charge in [0.1, 0.15) is 0 Å². The van der Waals surface area contributed by atoms with Crippen molar-refractivity contribution in [2.24, 2.45) is 23.2 Å². The minimum Gasteiger partial charge on any atom is -0.481 e. The van der Waals surface area contributed by atoms with Crippen LogP contribution in [0.2, 0.25) is 0 Å². The van der Waals surface area contributed by atoms with Gasteiger partial charge in [-0.05, 0) is 55.3 Å². The first kappa shape index (κ1) is 12.6. The molecule has 3 aliphatic rings. The zero-order chi connectivity index (χ0) is 12.8. The number of aliphatic carboxylic acids is 1. The van der Waals surface area contributed by atoms with Crippen LogP contribution in [0, 0.1) is 23.2 Å². The highest BCUT2D eigenvalue weighted by molar-refractivity contribution is 7.85. The molecule has 0 amide bonds. The number of hydrogen-bond acceptors (Lipinski definition) is 2. The van der Waals surface area contributed by atoms with Crippen molar-refractivity contribution < 1.29 is 14.1 Å². The molecule has 0 aliphatic heterocycles. The molecule has 3 rings (SSSR count). The molecule has 0 saturated heterocycles. The van der Waals surface area contributed by atoms with Crippen molar-refractivity contribution in [1.82, 2.24) is 0 Å². The first-order valence-electron chi connectivity index (χ1n) is 7.13. The lowest BCUT2D eigenvalue weighted by Gasteiger charge is -2.22. The number of fused-ring (bicyclic) bond motifs is 2. The fourth-order valence-electron chi connectivity index (χ4n) is 4.09. The minimum atomic E-state index is -0.798. The van der Waals surface area contributed by atoms with Crippen LogP contribution in [-0.4, -0.2) is 26.8 Å². The monoisotopic (exact) mass is 270 g/mol. The average Bonchev–Trinajstić information content (AvgIpc) is 2.74. The quantitative estimate of drug-likeness (QED) is 0.806. The molecule has 3 nitrogen and oxygen atoms in total. The van der Waals surface area contributed by atoms with E-state index in [2.05, 4.69) is 0 Å². The van der Waals surface area contributed by atoms with Gasteiger partial charge in [-0.2, -0.15) is 0 Å². The van der Waals surface area contributed by atoms with Crippen molar-refractivity contribution in [3.63, 3.8) is 0 Å². The molecule has 4 atom stereocenters. The summed E-state index contributed by atoms with van der Waals surface area (Å²) < 4.78 is 12.2. The van der Waals surface area contributed by atoms with Gasteiger partial charge >= 0.3 is 5.97 Å². The van der Waals surface area contributed by atoms with Crippen molar-refractivity contribution in [1.29, 1.82) is 0 Å². The Balaban J connectivity index is 1.49. The van der Waals surface area contributed by atoms with Gasteiger partial charge in [-0.25, -0.2) is 0 Å². The summed E-state index contributed by atoms with van der Waals surface area (Å²) >= 11 is 0. The van der Waals surface area contributed by atoms with Crippen LogP contribution < -0.4 is 0 Å². The summed E-state index contributed by atoms with van der Waals surface area (Å²) in [5, 5.41) is 8.87. The molecule has 18 heavy (non-hydrogen) atoms.